The molecule has 1 N–H and O–H groups in total. The van der Waals surface area contributed by atoms with Gasteiger partial charge in [-0.15, -0.1) is 0 Å². The molecule has 0 saturated heterocycles. The van der Waals surface area contributed by atoms with Crippen LogP contribution in [0.4, 0.5) is 0 Å². The highest BCUT2D eigenvalue weighted by atomic mass is 16.5. The highest BCUT2D eigenvalue weighted by Gasteiger charge is 2.04. The maximum Gasteiger partial charge on any atom is 0.307 e. The molecule has 18 heavy (non-hydrogen) atoms. The number of carbonyl (C=O) groups excluding carboxylic acids is 1. The predicted octanol–water partition coefficient (Wildman–Crippen LogP) is 1.82. The number of ether oxygens (including phenoxy) is 1. The number of methoxy groups -OCH3 is 1. The molecule has 0 unspecified atom stereocenters. The van der Waals surface area contributed by atoms with E-state index in [1.807, 2.05) is 12.3 Å². The molecule has 2 aromatic rings. The molecule has 1 aromatic carbocycles. The van der Waals surface area contributed by atoms with Crippen LogP contribution in [0, 0.1) is 0 Å². The number of benzene rings is 1. The molecule has 0 aliphatic rings. The van der Waals surface area contributed by atoms with E-state index >= 15 is 0 Å². The number of hydrogen-bond donors (Lipinski definition) is 1. The second-order valence-corrected chi connectivity index (χ2v) is 3.84. The second-order valence-electron chi connectivity index (χ2n) is 3.84. The van der Waals surface area contributed by atoms with Crippen LogP contribution in [0.1, 0.15) is 6.42 Å². The van der Waals surface area contributed by atoms with Crippen LogP contribution in [-0.4, -0.2) is 28.0 Å². The lowest BCUT2D eigenvalue weighted by atomic mass is 10.1. The van der Waals surface area contributed by atoms with Crippen LogP contribution >= 0.6 is 0 Å². The first kappa shape index (κ1) is 12.2. The van der Waals surface area contributed by atoms with Gasteiger partial charge >= 0.3 is 5.97 Å². The van der Waals surface area contributed by atoms with Gasteiger partial charge in [0.25, 0.3) is 0 Å². The highest BCUT2D eigenvalue weighted by molar-refractivity contribution is 5.69. The van der Waals surface area contributed by atoms with E-state index in [1.54, 1.807) is 28.9 Å². The zero-order valence-corrected chi connectivity index (χ0v) is 10.0. The SMILES string of the molecule is COC(=O)CCn1ccc(-c2ccc(O)cc2)n1. The van der Waals surface area contributed by atoms with Crippen LogP contribution in [0.5, 0.6) is 5.75 Å². The third-order valence-electron chi connectivity index (χ3n) is 2.58. The van der Waals surface area contributed by atoms with Crippen molar-refractivity contribution >= 4 is 5.97 Å². The van der Waals surface area contributed by atoms with Crippen LogP contribution in [0.3, 0.4) is 0 Å². The summed E-state index contributed by atoms with van der Waals surface area (Å²) in [5, 5.41) is 13.5. The molecule has 0 radical (unpaired) electrons. The van der Waals surface area contributed by atoms with E-state index in [4.69, 9.17) is 0 Å². The Morgan fingerprint density at radius 2 is 2.06 bits per heavy atom. The summed E-state index contributed by atoms with van der Waals surface area (Å²) in [6.45, 7) is 0.491. The minimum atomic E-state index is -0.253. The van der Waals surface area contributed by atoms with Gasteiger partial charge in [0.1, 0.15) is 5.75 Å². The first-order valence-corrected chi connectivity index (χ1v) is 5.59. The largest absolute Gasteiger partial charge is 0.508 e. The number of phenols is 1. The van der Waals surface area contributed by atoms with Gasteiger partial charge in [-0.1, -0.05) is 0 Å². The highest BCUT2D eigenvalue weighted by Crippen LogP contribution is 2.19. The van der Waals surface area contributed by atoms with Gasteiger partial charge in [0.05, 0.1) is 25.8 Å². The Kier molecular flexibility index (Phi) is 3.62. The average molecular weight is 246 g/mol. The van der Waals surface area contributed by atoms with Gasteiger partial charge < -0.3 is 9.84 Å². The Hall–Kier alpha value is -2.30. The molecule has 0 aliphatic carbocycles. The maximum absolute atomic E-state index is 11.0. The lowest BCUT2D eigenvalue weighted by Gasteiger charge is -2.00. The second kappa shape index (κ2) is 5.35. The van der Waals surface area contributed by atoms with Crippen LogP contribution in [-0.2, 0) is 16.1 Å². The molecular formula is C13H14N2O3. The van der Waals surface area contributed by atoms with Gasteiger partial charge in [-0.05, 0) is 30.3 Å². The fraction of sp³-hybridized carbons (Fsp3) is 0.231. The lowest BCUT2D eigenvalue weighted by Crippen LogP contribution is -2.07. The monoisotopic (exact) mass is 246 g/mol. The van der Waals surface area contributed by atoms with Crippen molar-refractivity contribution in [1.29, 1.82) is 0 Å². The fourth-order valence-corrected chi connectivity index (χ4v) is 1.58. The van der Waals surface area contributed by atoms with Crippen molar-refractivity contribution in [2.24, 2.45) is 0 Å². The van der Waals surface area contributed by atoms with Gasteiger partial charge in [0.15, 0.2) is 0 Å². The number of phenolic OH excluding ortho intramolecular Hbond substituents is 1. The standard InChI is InChI=1S/C13H14N2O3/c1-18-13(17)7-9-15-8-6-12(14-15)10-2-4-11(16)5-3-10/h2-6,8,16H,7,9H2,1H3. The van der Waals surface area contributed by atoms with Gasteiger partial charge in [-0.3, -0.25) is 9.48 Å². The minimum Gasteiger partial charge on any atom is -0.508 e. The maximum atomic E-state index is 11.0. The molecule has 5 nitrogen and oxygen atoms in total. The van der Waals surface area contributed by atoms with Crippen LogP contribution in [0.15, 0.2) is 36.5 Å². The number of aromatic hydroxyl groups is 1. The number of nitrogens with zero attached hydrogens (tertiary/aromatic N) is 2. The van der Waals surface area contributed by atoms with Crippen LogP contribution < -0.4 is 0 Å². The smallest absolute Gasteiger partial charge is 0.307 e. The first-order valence-electron chi connectivity index (χ1n) is 5.59. The molecule has 1 aromatic heterocycles. The number of rotatable bonds is 4. The van der Waals surface area contributed by atoms with Crippen molar-refractivity contribution in [1.82, 2.24) is 9.78 Å². The van der Waals surface area contributed by atoms with Crippen molar-refractivity contribution < 1.29 is 14.6 Å². The van der Waals surface area contributed by atoms with Crippen molar-refractivity contribution in [3.63, 3.8) is 0 Å². The number of aryl methyl sites for hydroxylation is 1. The molecule has 94 valence electrons. The van der Waals surface area contributed by atoms with Gasteiger partial charge in [-0.2, -0.15) is 5.10 Å². The summed E-state index contributed by atoms with van der Waals surface area (Å²) < 4.78 is 6.26. The molecule has 5 heteroatoms. The molecule has 0 aliphatic heterocycles. The summed E-state index contributed by atoms with van der Waals surface area (Å²) in [5.74, 6) is -0.0273. The van der Waals surface area contributed by atoms with Crippen molar-refractivity contribution in [2.75, 3.05) is 7.11 Å². The quantitative estimate of drug-likeness (QED) is 0.836. The molecule has 0 bridgehead atoms. The fourth-order valence-electron chi connectivity index (χ4n) is 1.58. The molecule has 0 atom stereocenters. The molecule has 0 saturated carbocycles. The normalized spacial score (nSPS) is 10.3. The summed E-state index contributed by atoms with van der Waals surface area (Å²) >= 11 is 0. The van der Waals surface area contributed by atoms with Crippen molar-refractivity contribution in [3.05, 3.63) is 36.5 Å². The third kappa shape index (κ3) is 2.88. The minimum absolute atomic E-state index is 0.226. The van der Waals surface area contributed by atoms with E-state index < -0.39 is 0 Å². The summed E-state index contributed by atoms with van der Waals surface area (Å²) in [4.78, 5) is 11.0. The van der Waals surface area contributed by atoms with Gasteiger partial charge in [0.2, 0.25) is 0 Å². The lowest BCUT2D eigenvalue weighted by molar-refractivity contribution is -0.140. The zero-order chi connectivity index (χ0) is 13.0. The summed E-state index contributed by atoms with van der Waals surface area (Å²) in [7, 11) is 1.37. The Morgan fingerprint density at radius 3 is 2.72 bits per heavy atom. The number of hydrogen-bond acceptors (Lipinski definition) is 4. The Labute approximate surface area is 105 Å². The molecule has 2 rings (SSSR count). The van der Waals surface area contributed by atoms with E-state index in [0.717, 1.165) is 11.3 Å². The van der Waals surface area contributed by atoms with Crippen LogP contribution in [0.2, 0.25) is 0 Å². The van der Waals surface area contributed by atoms with E-state index in [-0.39, 0.29) is 11.7 Å². The topological polar surface area (TPSA) is 64.3 Å². The molecule has 1 heterocycles. The third-order valence-corrected chi connectivity index (χ3v) is 2.58. The van der Waals surface area contributed by atoms with E-state index in [9.17, 15) is 9.90 Å². The molecule has 0 spiro atoms. The van der Waals surface area contributed by atoms with E-state index in [0.29, 0.717) is 13.0 Å². The van der Waals surface area contributed by atoms with Gasteiger partial charge in [-0.25, -0.2) is 0 Å². The predicted molar refractivity (Wildman–Crippen MR) is 66.0 cm³/mol. The number of aromatic nitrogens is 2. The number of esters is 1. The van der Waals surface area contributed by atoms with Crippen LogP contribution in [0.25, 0.3) is 11.3 Å². The Morgan fingerprint density at radius 1 is 1.33 bits per heavy atom. The van der Waals surface area contributed by atoms with Crippen molar-refractivity contribution in [3.8, 4) is 17.0 Å². The van der Waals surface area contributed by atoms with Gasteiger partial charge in [0, 0.05) is 11.8 Å². The van der Waals surface area contributed by atoms with E-state index in [2.05, 4.69) is 9.84 Å². The Balaban J connectivity index is 2.06. The molecule has 0 fully saturated rings. The molecular weight excluding hydrogens is 232 g/mol. The summed E-state index contributed by atoms with van der Waals surface area (Å²) in [5.41, 5.74) is 1.73. The zero-order valence-electron chi connectivity index (χ0n) is 10.0. The number of carbonyl (C=O) groups is 1. The average Bonchev–Trinajstić information content (AvgIpc) is 2.85. The Bertz CT molecular complexity index is 531. The summed E-state index contributed by atoms with van der Waals surface area (Å²) in [6.07, 6.45) is 2.11. The molecule has 0 amide bonds. The first-order chi connectivity index (χ1) is 8.69. The van der Waals surface area contributed by atoms with E-state index in [1.165, 1.54) is 7.11 Å². The van der Waals surface area contributed by atoms with Crippen molar-refractivity contribution in [2.45, 2.75) is 13.0 Å². The summed E-state index contributed by atoms with van der Waals surface area (Å²) in [6, 6.07) is 8.68.